The van der Waals surface area contributed by atoms with Crippen molar-refractivity contribution in [3.63, 3.8) is 0 Å². The Hall–Kier alpha value is 0.270. The molecule has 1 aliphatic heterocycles. The van der Waals surface area contributed by atoms with Crippen molar-refractivity contribution in [1.29, 1.82) is 0 Å². The molecule has 0 aromatic carbocycles. The Morgan fingerprint density at radius 1 is 1.22 bits per heavy atom. The number of nitrogens with one attached hydrogen (secondary N) is 1. The Morgan fingerprint density at radius 3 is 1.89 bits per heavy atom. The van der Waals surface area contributed by atoms with E-state index in [9.17, 15) is 0 Å². The van der Waals surface area contributed by atoms with E-state index in [1.165, 1.54) is 0 Å². The van der Waals surface area contributed by atoms with Gasteiger partial charge in [0.15, 0.2) is 0 Å². The number of nitrogens with zero attached hydrogens (tertiary/aromatic N) is 1. The van der Waals surface area contributed by atoms with E-state index in [0.29, 0.717) is 0 Å². The molecule has 0 amide bonds. The molecule has 0 saturated carbocycles. The molecule has 1 fully saturated rings. The smallest absolute Gasteiger partial charge is 0.0213 e. The summed E-state index contributed by atoms with van der Waals surface area (Å²) >= 11 is 4.15. The molecule has 0 radical (unpaired) electrons. The van der Waals surface area contributed by atoms with Gasteiger partial charge in [-0.05, 0) is 0 Å². The van der Waals surface area contributed by atoms with Gasteiger partial charge >= 0.3 is 0 Å². The summed E-state index contributed by atoms with van der Waals surface area (Å²) in [5.41, 5.74) is 0. The van der Waals surface area contributed by atoms with Crippen molar-refractivity contribution in [3.8, 4) is 0 Å². The van der Waals surface area contributed by atoms with Gasteiger partial charge in [-0.3, -0.25) is 4.31 Å². The van der Waals surface area contributed by atoms with E-state index in [4.69, 9.17) is 0 Å². The molecule has 0 atom stereocenters. The van der Waals surface area contributed by atoms with Crippen molar-refractivity contribution >= 4 is 12.8 Å². The predicted octanol–water partition coefficient (Wildman–Crippen LogP) is 0.763. The number of piperazine rings is 1. The first kappa shape index (κ1) is 9.27. The van der Waals surface area contributed by atoms with Gasteiger partial charge in [0, 0.05) is 26.2 Å². The van der Waals surface area contributed by atoms with Gasteiger partial charge in [0.25, 0.3) is 0 Å². The average molecular weight is 148 g/mol. The molecule has 0 bridgehead atoms. The van der Waals surface area contributed by atoms with Gasteiger partial charge in [-0.25, -0.2) is 0 Å². The van der Waals surface area contributed by atoms with Crippen molar-refractivity contribution in [1.82, 2.24) is 9.62 Å². The highest BCUT2D eigenvalue weighted by molar-refractivity contribution is 7.77. The molecule has 1 heterocycles. The molecule has 3 heteroatoms. The lowest BCUT2D eigenvalue weighted by Gasteiger charge is -2.20. The minimum absolute atomic E-state index is 1.07. The summed E-state index contributed by atoms with van der Waals surface area (Å²) in [5.74, 6) is 0. The molecule has 1 N–H and O–H groups in total. The van der Waals surface area contributed by atoms with Gasteiger partial charge in [0.05, 0.1) is 0 Å². The lowest BCUT2D eigenvalue weighted by molar-refractivity contribution is 0.400. The maximum Gasteiger partial charge on any atom is 0.0213 e. The van der Waals surface area contributed by atoms with Crippen molar-refractivity contribution < 1.29 is 0 Å². The fourth-order valence-electron chi connectivity index (χ4n) is 0.653. The molecule has 2 nitrogen and oxygen atoms in total. The summed E-state index contributed by atoms with van der Waals surface area (Å²) in [4.78, 5) is 0. The zero-order chi connectivity index (χ0) is 7.11. The van der Waals surface area contributed by atoms with E-state index in [0.717, 1.165) is 26.2 Å². The minimum Gasteiger partial charge on any atom is -0.314 e. The van der Waals surface area contributed by atoms with E-state index >= 15 is 0 Å². The molecule has 1 rings (SSSR count). The topological polar surface area (TPSA) is 15.3 Å². The van der Waals surface area contributed by atoms with Crippen molar-refractivity contribution in [2.45, 2.75) is 13.8 Å². The zero-order valence-electron chi connectivity index (χ0n) is 6.22. The lowest BCUT2D eigenvalue weighted by atomic mass is 10.4. The van der Waals surface area contributed by atoms with Gasteiger partial charge in [0.2, 0.25) is 0 Å². The fraction of sp³-hybridized carbons (Fsp3) is 1.00. The monoisotopic (exact) mass is 148 g/mol. The summed E-state index contributed by atoms with van der Waals surface area (Å²) in [6.45, 7) is 8.32. The van der Waals surface area contributed by atoms with Crippen LogP contribution in [-0.2, 0) is 0 Å². The van der Waals surface area contributed by atoms with E-state index in [2.05, 4.69) is 18.1 Å². The third kappa shape index (κ3) is 4.75. The molecule has 1 saturated heterocycles. The summed E-state index contributed by atoms with van der Waals surface area (Å²) in [5, 5.41) is 3.22. The van der Waals surface area contributed by atoms with Crippen LogP contribution in [0.1, 0.15) is 13.8 Å². The quantitative estimate of drug-likeness (QED) is 0.493. The van der Waals surface area contributed by atoms with Crippen LogP contribution < -0.4 is 5.32 Å². The molecule has 0 unspecified atom stereocenters. The largest absolute Gasteiger partial charge is 0.314 e. The van der Waals surface area contributed by atoms with Crippen LogP contribution in [0, 0.1) is 0 Å². The van der Waals surface area contributed by atoms with E-state index in [1.54, 1.807) is 0 Å². The van der Waals surface area contributed by atoms with Crippen LogP contribution in [0.2, 0.25) is 0 Å². The van der Waals surface area contributed by atoms with Crippen LogP contribution in [0.25, 0.3) is 0 Å². The first-order chi connectivity index (χ1) is 4.39. The first-order valence-corrected chi connectivity index (χ1v) is 3.94. The van der Waals surface area contributed by atoms with Gasteiger partial charge in [-0.1, -0.05) is 26.7 Å². The molecule has 56 valence electrons. The second kappa shape index (κ2) is 6.39. The zero-order valence-corrected chi connectivity index (χ0v) is 7.12. The Labute approximate surface area is 63.2 Å². The highest BCUT2D eigenvalue weighted by Gasteiger charge is 2.02. The second-order valence-corrected chi connectivity index (χ2v) is 2.27. The van der Waals surface area contributed by atoms with E-state index in [-0.39, 0.29) is 0 Å². The Kier molecular flexibility index (Phi) is 6.58. The molecule has 0 aliphatic carbocycles. The maximum atomic E-state index is 4.15. The van der Waals surface area contributed by atoms with Crippen LogP contribution >= 0.6 is 12.8 Å². The highest BCUT2D eigenvalue weighted by atomic mass is 32.1. The van der Waals surface area contributed by atoms with Crippen LogP contribution in [0.3, 0.4) is 0 Å². The van der Waals surface area contributed by atoms with Crippen LogP contribution in [0.5, 0.6) is 0 Å². The summed E-state index contributed by atoms with van der Waals surface area (Å²) in [6.07, 6.45) is 0. The third-order valence-electron chi connectivity index (χ3n) is 1.09. The molecule has 9 heavy (non-hydrogen) atoms. The fourth-order valence-corrected chi connectivity index (χ4v) is 0.853. The second-order valence-electron chi connectivity index (χ2n) is 1.70. The summed E-state index contributed by atoms with van der Waals surface area (Å²) in [6, 6.07) is 0. The average Bonchev–Trinajstić information content (AvgIpc) is 1.94. The minimum atomic E-state index is 1.07. The molecule has 1 aliphatic rings. The van der Waals surface area contributed by atoms with Gasteiger partial charge < -0.3 is 5.32 Å². The number of hydrogen-bond donors (Lipinski definition) is 2. The van der Waals surface area contributed by atoms with Crippen LogP contribution in [-0.4, -0.2) is 30.5 Å². The van der Waals surface area contributed by atoms with Gasteiger partial charge in [-0.15, -0.1) is 0 Å². The summed E-state index contributed by atoms with van der Waals surface area (Å²) in [7, 11) is 0. The van der Waals surface area contributed by atoms with Crippen LogP contribution in [0.15, 0.2) is 0 Å². The number of hydrogen-bond acceptors (Lipinski definition) is 3. The molecule has 0 aromatic rings. The SMILES string of the molecule is CC.SN1CCNCC1. The molecular formula is C6H16N2S. The van der Waals surface area contributed by atoms with Crippen molar-refractivity contribution in [2.75, 3.05) is 26.2 Å². The Morgan fingerprint density at radius 2 is 1.67 bits per heavy atom. The molecular weight excluding hydrogens is 132 g/mol. The standard InChI is InChI=1S/C4H10N2S.C2H6/c7-6-3-1-5-2-4-6;1-2/h5,7H,1-4H2;1-2H3. The number of thiol groups is 1. The van der Waals surface area contributed by atoms with Gasteiger partial charge in [-0.2, -0.15) is 0 Å². The van der Waals surface area contributed by atoms with Crippen LogP contribution in [0.4, 0.5) is 0 Å². The van der Waals surface area contributed by atoms with E-state index < -0.39 is 0 Å². The lowest BCUT2D eigenvalue weighted by Crippen LogP contribution is -2.38. The predicted molar refractivity (Wildman–Crippen MR) is 44.8 cm³/mol. The molecule has 0 aromatic heterocycles. The summed E-state index contributed by atoms with van der Waals surface area (Å²) < 4.78 is 2.02. The van der Waals surface area contributed by atoms with E-state index in [1.807, 2.05) is 18.2 Å². The van der Waals surface area contributed by atoms with Crippen molar-refractivity contribution in [2.24, 2.45) is 0 Å². The number of rotatable bonds is 0. The maximum absolute atomic E-state index is 4.15. The third-order valence-corrected chi connectivity index (χ3v) is 1.49. The highest BCUT2D eigenvalue weighted by Crippen LogP contribution is 1.92. The van der Waals surface area contributed by atoms with Gasteiger partial charge in [0.1, 0.15) is 0 Å². The Bertz CT molecular complexity index is 53.0. The van der Waals surface area contributed by atoms with Crippen molar-refractivity contribution in [3.05, 3.63) is 0 Å². The Balaban J connectivity index is 0.000000291. The molecule has 0 spiro atoms. The first-order valence-electron chi connectivity index (χ1n) is 3.54. The normalized spacial score (nSPS) is 20.3.